The predicted molar refractivity (Wildman–Crippen MR) is 62.3 cm³/mol. The molecule has 4 bridgehead atoms. The number of carbonyl (C=O) groups is 1. The zero-order valence-corrected chi connectivity index (χ0v) is 10.3. The summed E-state index contributed by atoms with van der Waals surface area (Å²) in [5.41, 5.74) is -0.110. The van der Waals surface area contributed by atoms with E-state index in [1.165, 1.54) is 19.3 Å². The summed E-state index contributed by atoms with van der Waals surface area (Å²) in [7, 11) is 0. The summed E-state index contributed by atoms with van der Waals surface area (Å²) < 4.78 is 5.31. The van der Waals surface area contributed by atoms with Crippen molar-refractivity contribution in [1.82, 2.24) is 0 Å². The number of alkyl halides is 1. The Hall–Kier alpha value is -0.240. The van der Waals surface area contributed by atoms with Crippen molar-refractivity contribution in [2.24, 2.45) is 23.2 Å². The standard InChI is InChI=1S/C13H19ClO2/c14-1-2-16-12(15)13-6-9-3-10(7-13)5-11(4-9)8-13/h9-11H,1-8H2. The number of hydrogen-bond donors (Lipinski definition) is 0. The van der Waals surface area contributed by atoms with Crippen LogP contribution in [0.1, 0.15) is 38.5 Å². The average Bonchev–Trinajstić information content (AvgIpc) is 2.24. The zero-order valence-electron chi connectivity index (χ0n) is 9.58. The van der Waals surface area contributed by atoms with Gasteiger partial charge in [-0.3, -0.25) is 4.79 Å². The number of halogens is 1. The van der Waals surface area contributed by atoms with Crippen molar-refractivity contribution in [3.8, 4) is 0 Å². The third kappa shape index (κ3) is 1.66. The summed E-state index contributed by atoms with van der Waals surface area (Å²) in [6.07, 6.45) is 7.34. The van der Waals surface area contributed by atoms with Crippen molar-refractivity contribution in [2.75, 3.05) is 12.5 Å². The molecule has 4 aliphatic carbocycles. The lowest BCUT2D eigenvalue weighted by Crippen LogP contribution is -2.50. The molecule has 0 aromatic heterocycles. The Kier molecular flexibility index (Phi) is 2.66. The largest absolute Gasteiger partial charge is 0.464 e. The van der Waals surface area contributed by atoms with Gasteiger partial charge in [0.1, 0.15) is 6.61 Å². The SMILES string of the molecule is O=C(OCCCl)C12CC3CC(CC(C3)C1)C2. The minimum Gasteiger partial charge on any atom is -0.464 e. The monoisotopic (exact) mass is 242 g/mol. The fourth-order valence-electron chi connectivity index (χ4n) is 4.65. The molecule has 90 valence electrons. The van der Waals surface area contributed by atoms with Crippen LogP contribution in [0.15, 0.2) is 0 Å². The van der Waals surface area contributed by atoms with Crippen LogP contribution >= 0.6 is 11.6 Å². The van der Waals surface area contributed by atoms with Crippen LogP contribution in [0.25, 0.3) is 0 Å². The van der Waals surface area contributed by atoms with Gasteiger partial charge in [-0.25, -0.2) is 0 Å². The fraction of sp³-hybridized carbons (Fsp3) is 0.923. The highest BCUT2D eigenvalue weighted by Gasteiger charge is 2.55. The Morgan fingerprint density at radius 3 is 2.06 bits per heavy atom. The van der Waals surface area contributed by atoms with Gasteiger partial charge in [-0.2, -0.15) is 0 Å². The first-order valence-corrected chi connectivity index (χ1v) is 6.98. The molecule has 3 heteroatoms. The highest BCUT2D eigenvalue weighted by Crippen LogP contribution is 2.60. The molecule has 0 heterocycles. The Morgan fingerprint density at radius 2 is 1.62 bits per heavy atom. The predicted octanol–water partition coefficient (Wildman–Crippen LogP) is 2.98. The first-order chi connectivity index (χ1) is 7.72. The molecular weight excluding hydrogens is 224 g/mol. The molecule has 0 N–H and O–H groups in total. The van der Waals surface area contributed by atoms with Crippen molar-refractivity contribution in [3.05, 3.63) is 0 Å². The number of esters is 1. The maximum Gasteiger partial charge on any atom is 0.312 e. The van der Waals surface area contributed by atoms with Gasteiger partial charge < -0.3 is 4.74 Å². The van der Waals surface area contributed by atoms with E-state index in [0.717, 1.165) is 37.0 Å². The molecule has 0 amide bonds. The molecule has 4 rings (SSSR count). The Balaban J connectivity index is 1.75. The first-order valence-electron chi connectivity index (χ1n) is 6.45. The van der Waals surface area contributed by atoms with Gasteiger partial charge in [0.05, 0.1) is 11.3 Å². The van der Waals surface area contributed by atoms with Crippen LogP contribution in [-0.2, 0) is 9.53 Å². The molecule has 0 saturated heterocycles. The third-order valence-electron chi connectivity index (χ3n) is 4.78. The van der Waals surface area contributed by atoms with Gasteiger partial charge in [0.25, 0.3) is 0 Å². The lowest BCUT2D eigenvalue weighted by Gasteiger charge is -2.55. The quantitative estimate of drug-likeness (QED) is 0.562. The van der Waals surface area contributed by atoms with Crippen molar-refractivity contribution in [2.45, 2.75) is 38.5 Å². The number of ether oxygens (including phenoxy) is 1. The zero-order chi connectivity index (χ0) is 11.2. The number of carbonyl (C=O) groups excluding carboxylic acids is 1. The molecule has 0 spiro atoms. The average molecular weight is 243 g/mol. The minimum atomic E-state index is -0.110. The van der Waals surface area contributed by atoms with Crippen LogP contribution in [-0.4, -0.2) is 18.5 Å². The molecule has 0 radical (unpaired) electrons. The summed E-state index contributed by atoms with van der Waals surface area (Å²) in [5.74, 6) is 2.87. The van der Waals surface area contributed by atoms with Gasteiger partial charge in [-0.1, -0.05) is 0 Å². The highest BCUT2D eigenvalue weighted by atomic mass is 35.5. The Labute approximate surface area is 102 Å². The summed E-state index contributed by atoms with van der Waals surface area (Å²) in [6.45, 7) is 0.377. The van der Waals surface area contributed by atoms with Gasteiger partial charge in [0, 0.05) is 0 Å². The van der Waals surface area contributed by atoms with Crippen molar-refractivity contribution >= 4 is 17.6 Å². The van der Waals surface area contributed by atoms with Gasteiger partial charge in [-0.15, -0.1) is 11.6 Å². The molecule has 0 unspecified atom stereocenters. The molecule has 2 nitrogen and oxygen atoms in total. The van der Waals surface area contributed by atoms with Crippen LogP contribution in [0.5, 0.6) is 0 Å². The molecule has 4 aliphatic rings. The number of hydrogen-bond acceptors (Lipinski definition) is 2. The Morgan fingerprint density at radius 1 is 1.12 bits per heavy atom. The summed E-state index contributed by atoms with van der Waals surface area (Å²) in [5, 5.41) is 0. The summed E-state index contributed by atoms with van der Waals surface area (Å²) in [6, 6.07) is 0. The van der Waals surface area contributed by atoms with Gasteiger partial charge >= 0.3 is 5.97 Å². The van der Waals surface area contributed by atoms with Gasteiger partial charge in [0.15, 0.2) is 0 Å². The number of rotatable bonds is 3. The normalized spacial score (nSPS) is 44.7. The third-order valence-corrected chi connectivity index (χ3v) is 4.94. The maximum absolute atomic E-state index is 12.2. The second-order valence-electron chi connectivity index (χ2n) is 6.02. The second-order valence-corrected chi connectivity index (χ2v) is 6.40. The smallest absolute Gasteiger partial charge is 0.312 e. The fourth-order valence-corrected chi connectivity index (χ4v) is 4.72. The Bertz CT molecular complexity index is 265. The molecule has 0 aliphatic heterocycles. The van der Waals surface area contributed by atoms with Crippen LogP contribution in [0.2, 0.25) is 0 Å². The highest BCUT2D eigenvalue weighted by molar-refractivity contribution is 6.18. The van der Waals surface area contributed by atoms with E-state index in [-0.39, 0.29) is 11.4 Å². The van der Waals surface area contributed by atoms with Crippen molar-refractivity contribution in [3.63, 3.8) is 0 Å². The van der Waals surface area contributed by atoms with E-state index in [0.29, 0.717) is 12.5 Å². The molecule has 4 fully saturated rings. The van der Waals surface area contributed by atoms with Crippen LogP contribution in [0.3, 0.4) is 0 Å². The molecule has 0 aromatic carbocycles. The first kappa shape index (κ1) is 10.9. The lowest BCUT2D eigenvalue weighted by molar-refractivity contribution is -0.170. The molecular formula is C13H19ClO2. The van der Waals surface area contributed by atoms with Crippen molar-refractivity contribution in [1.29, 1.82) is 0 Å². The second kappa shape index (κ2) is 3.90. The summed E-state index contributed by atoms with van der Waals surface area (Å²) >= 11 is 5.58. The van der Waals surface area contributed by atoms with Gasteiger partial charge in [-0.05, 0) is 56.3 Å². The lowest BCUT2D eigenvalue weighted by atomic mass is 9.49. The molecule has 0 atom stereocenters. The van der Waals surface area contributed by atoms with Gasteiger partial charge in [0.2, 0.25) is 0 Å². The van der Waals surface area contributed by atoms with E-state index in [1.807, 2.05) is 0 Å². The minimum absolute atomic E-state index is 0.0484. The van der Waals surface area contributed by atoms with E-state index in [2.05, 4.69) is 0 Å². The van der Waals surface area contributed by atoms with Crippen LogP contribution in [0.4, 0.5) is 0 Å². The maximum atomic E-state index is 12.2. The van der Waals surface area contributed by atoms with Crippen LogP contribution < -0.4 is 0 Å². The van der Waals surface area contributed by atoms with E-state index < -0.39 is 0 Å². The van der Waals surface area contributed by atoms with Crippen LogP contribution in [0, 0.1) is 23.2 Å². The van der Waals surface area contributed by atoms with E-state index in [4.69, 9.17) is 16.3 Å². The topological polar surface area (TPSA) is 26.3 Å². The van der Waals surface area contributed by atoms with Crippen molar-refractivity contribution < 1.29 is 9.53 Å². The molecule has 16 heavy (non-hydrogen) atoms. The molecule has 0 aromatic rings. The van der Waals surface area contributed by atoms with E-state index in [9.17, 15) is 4.79 Å². The summed E-state index contributed by atoms with van der Waals surface area (Å²) in [4.78, 5) is 12.2. The van der Waals surface area contributed by atoms with E-state index in [1.54, 1.807) is 0 Å². The van der Waals surface area contributed by atoms with E-state index >= 15 is 0 Å². The molecule has 4 saturated carbocycles.